The molecule has 0 aromatic rings. The molecule has 7 heteroatoms. The Bertz CT molecular complexity index is 393. The molecular formula is C12H24N2O4S. The quantitative estimate of drug-likeness (QED) is 0.794. The fourth-order valence-electron chi connectivity index (χ4n) is 2.87. The second kappa shape index (κ2) is 6.05. The summed E-state index contributed by atoms with van der Waals surface area (Å²) in [4.78, 5) is 0. The minimum Gasteiger partial charge on any atom is -0.396 e. The predicted octanol–water partition coefficient (Wildman–Crippen LogP) is 0.0447. The van der Waals surface area contributed by atoms with E-state index in [9.17, 15) is 8.42 Å². The van der Waals surface area contributed by atoms with Crippen LogP contribution in [0.4, 0.5) is 0 Å². The first-order chi connectivity index (χ1) is 8.96. The Morgan fingerprint density at radius 3 is 2.42 bits per heavy atom. The summed E-state index contributed by atoms with van der Waals surface area (Å²) in [5.41, 5.74) is 0. The highest BCUT2D eigenvalue weighted by molar-refractivity contribution is 7.86. The topological polar surface area (TPSA) is 70.1 Å². The lowest BCUT2D eigenvalue weighted by Crippen LogP contribution is -2.50. The summed E-state index contributed by atoms with van der Waals surface area (Å²) in [5.74, 6) is 0.241. The van der Waals surface area contributed by atoms with Crippen LogP contribution >= 0.6 is 0 Å². The summed E-state index contributed by atoms with van der Waals surface area (Å²) in [6, 6.07) is -0.0689. The lowest BCUT2D eigenvalue weighted by Gasteiger charge is -2.35. The fraction of sp³-hybridized carbons (Fsp3) is 1.00. The standard InChI is InChI=1S/C12H24N2O4S/c1-10-12(5-8-18-10)13(2)19(16,17)14-6-3-11(9-15)4-7-14/h10-12,15H,3-9H2,1-2H3. The van der Waals surface area contributed by atoms with E-state index in [1.807, 2.05) is 6.92 Å². The average Bonchev–Trinajstić information content (AvgIpc) is 2.84. The molecule has 1 N–H and O–H groups in total. The van der Waals surface area contributed by atoms with Crippen molar-refractivity contribution in [2.75, 3.05) is 33.4 Å². The first-order valence-electron chi connectivity index (χ1n) is 6.92. The molecule has 0 aromatic heterocycles. The van der Waals surface area contributed by atoms with E-state index < -0.39 is 10.2 Å². The van der Waals surface area contributed by atoms with E-state index in [0.717, 1.165) is 19.3 Å². The number of likely N-dealkylation sites (N-methyl/N-ethyl adjacent to an activating group) is 1. The zero-order valence-corrected chi connectivity index (χ0v) is 12.5. The van der Waals surface area contributed by atoms with Crippen LogP contribution in [-0.4, -0.2) is 67.6 Å². The van der Waals surface area contributed by atoms with E-state index in [-0.39, 0.29) is 24.7 Å². The van der Waals surface area contributed by atoms with Gasteiger partial charge in [-0.2, -0.15) is 17.0 Å². The maximum atomic E-state index is 12.5. The Labute approximate surface area is 115 Å². The van der Waals surface area contributed by atoms with E-state index in [1.165, 1.54) is 8.61 Å². The summed E-state index contributed by atoms with van der Waals surface area (Å²) in [7, 11) is -1.76. The number of hydrogen-bond donors (Lipinski definition) is 1. The number of rotatable bonds is 4. The van der Waals surface area contributed by atoms with Gasteiger partial charge in [0.25, 0.3) is 10.2 Å². The molecule has 2 heterocycles. The van der Waals surface area contributed by atoms with E-state index in [1.54, 1.807) is 7.05 Å². The van der Waals surface area contributed by atoms with E-state index in [0.29, 0.717) is 19.7 Å². The number of aliphatic hydroxyl groups is 1. The van der Waals surface area contributed by atoms with Crippen molar-refractivity contribution in [3.8, 4) is 0 Å². The van der Waals surface area contributed by atoms with Crippen LogP contribution < -0.4 is 0 Å². The highest BCUT2D eigenvalue weighted by Gasteiger charge is 2.38. The predicted molar refractivity (Wildman–Crippen MR) is 71.9 cm³/mol. The van der Waals surface area contributed by atoms with Crippen molar-refractivity contribution in [2.24, 2.45) is 5.92 Å². The van der Waals surface area contributed by atoms with Crippen LogP contribution in [0.3, 0.4) is 0 Å². The average molecular weight is 292 g/mol. The summed E-state index contributed by atoms with van der Waals surface area (Å²) < 4.78 is 33.5. The van der Waals surface area contributed by atoms with Gasteiger partial charge in [-0.15, -0.1) is 0 Å². The first-order valence-corrected chi connectivity index (χ1v) is 8.32. The van der Waals surface area contributed by atoms with E-state index >= 15 is 0 Å². The van der Waals surface area contributed by atoms with E-state index in [4.69, 9.17) is 9.84 Å². The van der Waals surface area contributed by atoms with E-state index in [2.05, 4.69) is 0 Å². The van der Waals surface area contributed by atoms with Crippen molar-refractivity contribution in [3.05, 3.63) is 0 Å². The summed E-state index contributed by atoms with van der Waals surface area (Å²) in [5, 5.41) is 9.10. The van der Waals surface area contributed by atoms with Gasteiger partial charge < -0.3 is 9.84 Å². The number of nitrogens with zero attached hydrogens (tertiary/aromatic N) is 2. The molecule has 0 bridgehead atoms. The van der Waals surface area contributed by atoms with Crippen LogP contribution in [0, 0.1) is 5.92 Å². The molecule has 2 aliphatic rings. The molecule has 19 heavy (non-hydrogen) atoms. The molecular weight excluding hydrogens is 268 g/mol. The van der Waals surface area contributed by atoms with Gasteiger partial charge in [-0.3, -0.25) is 0 Å². The third-order valence-corrected chi connectivity index (χ3v) is 6.34. The van der Waals surface area contributed by atoms with Gasteiger partial charge in [0.1, 0.15) is 0 Å². The minimum atomic E-state index is -3.40. The van der Waals surface area contributed by atoms with Crippen molar-refractivity contribution in [3.63, 3.8) is 0 Å². The second-order valence-electron chi connectivity index (χ2n) is 5.48. The molecule has 2 rings (SSSR count). The Morgan fingerprint density at radius 1 is 1.32 bits per heavy atom. The molecule has 2 atom stereocenters. The maximum Gasteiger partial charge on any atom is 0.282 e. The second-order valence-corrected chi connectivity index (χ2v) is 7.47. The van der Waals surface area contributed by atoms with Crippen molar-refractivity contribution < 1.29 is 18.3 Å². The zero-order chi connectivity index (χ0) is 14.0. The molecule has 0 saturated carbocycles. The van der Waals surface area contributed by atoms with Crippen LogP contribution in [0.2, 0.25) is 0 Å². The Morgan fingerprint density at radius 2 is 1.95 bits per heavy atom. The van der Waals surface area contributed by atoms with Crippen LogP contribution in [-0.2, 0) is 14.9 Å². The molecule has 0 amide bonds. The van der Waals surface area contributed by atoms with Gasteiger partial charge in [0, 0.05) is 33.4 Å². The number of hydrogen-bond acceptors (Lipinski definition) is 4. The maximum absolute atomic E-state index is 12.5. The Hall–Kier alpha value is -0.210. The van der Waals surface area contributed by atoms with Crippen LogP contribution in [0.1, 0.15) is 26.2 Å². The molecule has 2 unspecified atom stereocenters. The molecule has 0 aliphatic carbocycles. The van der Waals surface area contributed by atoms with Crippen LogP contribution in [0.25, 0.3) is 0 Å². The Kier molecular flexibility index (Phi) is 4.84. The summed E-state index contributed by atoms with van der Waals surface area (Å²) in [6.07, 6.45) is 2.18. The van der Waals surface area contributed by atoms with Gasteiger partial charge in [0.15, 0.2) is 0 Å². The molecule has 2 aliphatic heterocycles. The van der Waals surface area contributed by atoms with Gasteiger partial charge in [-0.1, -0.05) is 0 Å². The van der Waals surface area contributed by atoms with Gasteiger partial charge in [-0.25, -0.2) is 0 Å². The van der Waals surface area contributed by atoms with Crippen molar-refractivity contribution in [1.82, 2.24) is 8.61 Å². The fourth-order valence-corrected chi connectivity index (χ4v) is 4.53. The number of piperidine rings is 1. The largest absolute Gasteiger partial charge is 0.396 e. The van der Waals surface area contributed by atoms with Gasteiger partial charge in [0.05, 0.1) is 12.1 Å². The minimum absolute atomic E-state index is 0.0465. The third-order valence-electron chi connectivity index (χ3n) is 4.33. The smallest absolute Gasteiger partial charge is 0.282 e. The van der Waals surface area contributed by atoms with Crippen LogP contribution in [0.15, 0.2) is 0 Å². The van der Waals surface area contributed by atoms with Crippen molar-refractivity contribution >= 4 is 10.2 Å². The molecule has 2 fully saturated rings. The highest BCUT2D eigenvalue weighted by Crippen LogP contribution is 2.25. The third kappa shape index (κ3) is 3.11. The molecule has 0 spiro atoms. The highest BCUT2D eigenvalue weighted by atomic mass is 32.2. The lowest BCUT2D eigenvalue weighted by molar-refractivity contribution is 0.0994. The molecule has 0 aromatic carbocycles. The molecule has 2 saturated heterocycles. The SMILES string of the molecule is CC1OCCC1N(C)S(=O)(=O)N1CCC(CO)CC1. The summed E-state index contributed by atoms with van der Waals surface area (Å²) >= 11 is 0. The summed E-state index contributed by atoms with van der Waals surface area (Å²) in [6.45, 7) is 3.69. The Balaban J connectivity index is 2.01. The number of ether oxygens (including phenoxy) is 1. The van der Waals surface area contributed by atoms with Gasteiger partial charge in [-0.05, 0) is 32.1 Å². The number of aliphatic hydroxyl groups excluding tert-OH is 1. The van der Waals surface area contributed by atoms with Crippen molar-refractivity contribution in [1.29, 1.82) is 0 Å². The molecule has 0 radical (unpaired) electrons. The zero-order valence-electron chi connectivity index (χ0n) is 11.7. The first kappa shape index (κ1) is 15.2. The monoisotopic (exact) mass is 292 g/mol. The molecule has 6 nitrogen and oxygen atoms in total. The lowest BCUT2D eigenvalue weighted by atomic mass is 10.00. The van der Waals surface area contributed by atoms with Crippen molar-refractivity contribution in [2.45, 2.75) is 38.3 Å². The van der Waals surface area contributed by atoms with Gasteiger partial charge >= 0.3 is 0 Å². The normalized spacial score (nSPS) is 31.2. The van der Waals surface area contributed by atoms with Crippen LogP contribution in [0.5, 0.6) is 0 Å². The van der Waals surface area contributed by atoms with Gasteiger partial charge in [0.2, 0.25) is 0 Å². The molecule has 112 valence electrons.